The summed E-state index contributed by atoms with van der Waals surface area (Å²) in [5, 5.41) is 8.96. The highest BCUT2D eigenvalue weighted by Crippen LogP contribution is 2.16. The SMILES string of the molecule is CC(C)C(C(=O)O)N1CCCOC1=O. The lowest BCUT2D eigenvalue weighted by molar-refractivity contribution is -0.145. The predicted octanol–water partition coefficient (Wildman–Crippen LogP) is 0.938. The molecule has 0 aliphatic carbocycles. The number of carboxylic acids is 1. The van der Waals surface area contributed by atoms with Gasteiger partial charge in [-0.2, -0.15) is 0 Å². The van der Waals surface area contributed by atoms with Crippen molar-refractivity contribution >= 4 is 12.1 Å². The van der Waals surface area contributed by atoms with Gasteiger partial charge in [0.05, 0.1) is 6.61 Å². The van der Waals surface area contributed by atoms with Crippen molar-refractivity contribution < 1.29 is 19.4 Å². The highest BCUT2D eigenvalue weighted by molar-refractivity contribution is 5.80. The first-order valence-electron chi connectivity index (χ1n) is 4.70. The van der Waals surface area contributed by atoms with Crippen molar-refractivity contribution in [2.45, 2.75) is 26.3 Å². The van der Waals surface area contributed by atoms with E-state index in [1.807, 2.05) is 0 Å². The van der Waals surface area contributed by atoms with Gasteiger partial charge in [0.1, 0.15) is 6.04 Å². The van der Waals surface area contributed by atoms with E-state index >= 15 is 0 Å². The molecule has 1 N–H and O–H groups in total. The summed E-state index contributed by atoms with van der Waals surface area (Å²) in [6, 6.07) is -0.775. The Labute approximate surface area is 82.6 Å². The van der Waals surface area contributed by atoms with Crippen molar-refractivity contribution in [1.82, 2.24) is 4.90 Å². The van der Waals surface area contributed by atoms with E-state index in [0.29, 0.717) is 19.6 Å². The van der Waals surface area contributed by atoms with E-state index in [1.165, 1.54) is 4.90 Å². The third-order valence-electron chi connectivity index (χ3n) is 2.22. The molecule has 1 aliphatic heterocycles. The Bertz CT molecular complexity index is 239. The van der Waals surface area contributed by atoms with Gasteiger partial charge in [0.15, 0.2) is 0 Å². The van der Waals surface area contributed by atoms with Gasteiger partial charge in [-0.1, -0.05) is 13.8 Å². The predicted molar refractivity (Wildman–Crippen MR) is 48.9 cm³/mol. The monoisotopic (exact) mass is 201 g/mol. The largest absolute Gasteiger partial charge is 0.480 e. The van der Waals surface area contributed by atoms with Crippen LogP contribution in [-0.2, 0) is 9.53 Å². The zero-order valence-electron chi connectivity index (χ0n) is 8.40. The number of carboxylic acid groups (broad SMARTS) is 1. The number of amides is 1. The van der Waals surface area contributed by atoms with E-state index in [1.54, 1.807) is 13.8 Å². The second-order valence-corrected chi connectivity index (χ2v) is 3.69. The molecule has 1 heterocycles. The van der Waals surface area contributed by atoms with Gasteiger partial charge < -0.3 is 9.84 Å². The lowest BCUT2D eigenvalue weighted by atomic mass is 10.0. The summed E-state index contributed by atoms with van der Waals surface area (Å²) < 4.78 is 4.80. The molecule has 0 aromatic carbocycles. The minimum absolute atomic E-state index is 0.113. The molecule has 0 spiro atoms. The van der Waals surface area contributed by atoms with Crippen LogP contribution in [0.25, 0.3) is 0 Å². The minimum Gasteiger partial charge on any atom is -0.480 e. The van der Waals surface area contributed by atoms with Gasteiger partial charge in [-0.05, 0) is 12.3 Å². The Morgan fingerprint density at radius 3 is 2.64 bits per heavy atom. The van der Waals surface area contributed by atoms with Crippen molar-refractivity contribution in [2.75, 3.05) is 13.2 Å². The fourth-order valence-electron chi connectivity index (χ4n) is 1.60. The zero-order valence-corrected chi connectivity index (χ0v) is 8.40. The van der Waals surface area contributed by atoms with E-state index in [2.05, 4.69) is 0 Å². The van der Waals surface area contributed by atoms with Crippen LogP contribution in [0.15, 0.2) is 0 Å². The van der Waals surface area contributed by atoms with Gasteiger partial charge in [-0.25, -0.2) is 9.59 Å². The summed E-state index contributed by atoms with van der Waals surface area (Å²) in [5.74, 6) is -1.09. The number of ether oxygens (including phenoxy) is 1. The Morgan fingerprint density at radius 1 is 1.57 bits per heavy atom. The Kier molecular flexibility index (Phi) is 3.33. The van der Waals surface area contributed by atoms with Crippen LogP contribution in [-0.4, -0.2) is 41.3 Å². The third kappa shape index (κ3) is 2.16. The molecule has 1 atom stereocenters. The second-order valence-electron chi connectivity index (χ2n) is 3.69. The summed E-state index contributed by atoms with van der Waals surface area (Å²) in [7, 11) is 0. The molecule has 5 nitrogen and oxygen atoms in total. The van der Waals surface area contributed by atoms with Gasteiger partial charge in [0, 0.05) is 6.54 Å². The molecular weight excluding hydrogens is 186 g/mol. The van der Waals surface area contributed by atoms with Crippen LogP contribution in [0, 0.1) is 5.92 Å². The maximum atomic E-state index is 11.3. The average Bonchev–Trinajstić information content (AvgIpc) is 2.07. The fourth-order valence-corrected chi connectivity index (χ4v) is 1.60. The van der Waals surface area contributed by atoms with Crippen LogP contribution in [0.1, 0.15) is 20.3 Å². The average molecular weight is 201 g/mol. The van der Waals surface area contributed by atoms with E-state index in [9.17, 15) is 9.59 Å². The lowest BCUT2D eigenvalue weighted by Gasteiger charge is -2.33. The van der Waals surface area contributed by atoms with Crippen LogP contribution >= 0.6 is 0 Å². The second kappa shape index (κ2) is 4.30. The van der Waals surface area contributed by atoms with Crippen LogP contribution in [0.4, 0.5) is 4.79 Å². The molecule has 0 aromatic heterocycles. The molecule has 0 bridgehead atoms. The molecule has 1 amide bonds. The van der Waals surface area contributed by atoms with E-state index < -0.39 is 18.1 Å². The number of carbonyl (C=O) groups excluding carboxylic acids is 1. The van der Waals surface area contributed by atoms with Gasteiger partial charge in [0.2, 0.25) is 0 Å². The van der Waals surface area contributed by atoms with Crippen molar-refractivity contribution in [3.8, 4) is 0 Å². The van der Waals surface area contributed by atoms with Crippen LogP contribution in [0.3, 0.4) is 0 Å². The molecule has 0 radical (unpaired) electrons. The molecular formula is C9H15NO4. The molecule has 80 valence electrons. The zero-order chi connectivity index (χ0) is 10.7. The van der Waals surface area contributed by atoms with Crippen molar-refractivity contribution in [1.29, 1.82) is 0 Å². The molecule has 0 aromatic rings. The summed E-state index contributed by atoms with van der Waals surface area (Å²) in [5.41, 5.74) is 0. The van der Waals surface area contributed by atoms with E-state index in [4.69, 9.17) is 9.84 Å². The van der Waals surface area contributed by atoms with Crippen molar-refractivity contribution in [2.24, 2.45) is 5.92 Å². The first kappa shape index (κ1) is 10.8. The first-order valence-corrected chi connectivity index (χ1v) is 4.70. The molecule has 14 heavy (non-hydrogen) atoms. The molecule has 5 heteroatoms. The number of aliphatic carboxylic acids is 1. The summed E-state index contributed by atoms with van der Waals surface area (Å²) in [4.78, 5) is 23.5. The Balaban J connectivity index is 2.75. The van der Waals surface area contributed by atoms with Crippen molar-refractivity contribution in [3.05, 3.63) is 0 Å². The highest BCUT2D eigenvalue weighted by Gasteiger charge is 2.34. The topological polar surface area (TPSA) is 66.8 Å². The quantitative estimate of drug-likeness (QED) is 0.737. The number of hydrogen-bond donors (Lipinski definition) is 1. The molecule has 0 saturated carbocycles. The fraction of sp³-hybridized carbons (Fsp3) is 0.778. The third-order valence-corrected chi connectivity index (χ3v) is 2.22. The van der Waals surface area contributed by atoms with Crippen LogP contribution in [0.2, 0.25) is 0 Å². The van der Waals surface area contributed by atoms with Gasteiger partial charge in [-0.3, -0.25) is 4.90 Å². The van der Waals surface area contributed by atoms with Gasteiger partial charge in [0.25, 0.3) is 0 Å². The van der Waals surface area contributed by atoms with Crippen LogP contribution in [0.5, 0.6) is 0 Å². The molecule has 1 rings (SSSR count). The van der Waals surface area contributed by atoms with E-state index in [-0.39, 0.29) is 5.92 Å². The Morgan fingerprint density at radius 2 is 2.21 bits per heavy atom. The molecule has 1 aliphatic rings. The Hall–Kier alpha value is -1.26. The maximum absolute atomic E-state index is 11.3. The number of carbonyl (C=O) groups is 2. The molecule has 1 unspecified atom stereocenters. The standard InChI is InChI=1S/C9H15NO4/c1-6(2)7(8(11)12)10-4-3-5-14-9(10)13/h6-7H,3-5H2,1-2H3,(H,11,12). The van der Waals surface area contributed by atoms with E-state index in [0.717, 1.165) is 0 Å². The minimum atomic E-state index is -0.973. The molecule has 1 saturated heterocycles. The molecule has 1 fully saturated rings. The smallest absolute Gasteiger partial charge is 0.410 e. The summed E-state index contributed by atoms with van der Waals surface area (Å²) in [6.45, 7) is 4.41. The van der Waals surface area contributed by atoms with Crippen molar-refractivity contribution in [3.63, 3.8) is 0 Å². The first-order chi connectivity index (χ1) is 6.54. The van der Waals surface area contributed by atoms with Gasteiger partial charge in [-0.15, -0.1) is 0 Å². The lowest BCUT2D eigenvalue weighted by Crippen LogP contribution is -2.51. The van der Waals surface area contributed by atoms with Gasteiger partial charge >= 0.3 is 12.1 Å². The highest BCUT2D eigenvalue weighted by atomic mass is 16.6. The summed E-state index contributed by atoms with van der Waals surface area (Å²) >= 11 is 0. The normalized spacial score (nSPS) is 19.4. The maximum Gasteiger partial charge on any atom is 0.410 e. The number of hydrogen-bond acceptors (Lipinski definition) is 3. The summed E-state index contributed by atoms with van der Waals surface area (Å²) in [6.07, 6.45) is 0.180. The van der Waals surface area contributed by atoms with Crippen LogP contribution < -0.4 is 0 Å². The number of nitrogens with zero attached hydrogens (tertiary/aromatic N) is 1. The number of rotatable bonds is 3. The number of cyclic esters (lactones) is 1.